The lowest BCUT2D eigenvalue weighted by atomic mass is 10.1. The van der Waals surface area contributed by atoms with Crippen molar-refractivity contribution < 1.29 is 9.53 Å². The van der Waals surface area contributed by atoms with Crippen LogP contribution in [0.15, 0.2) is 10.4 Å². The van der Waals surface area contributed by atoms with Crippen molar-refractivity contribution in [3.8, 4) is 11.4 Å². The number of carbonyl (C=O) groups is 1. The molecule has 0 amide bonds. The van der Waals surface area contributed by atoms with Crippen LogP contribution < -0.4 is 0 Å². The van der Waals surface area contributed by atoms with Gasteiger partial charge in [0.2, 0.25) is 5.13 Å². The van der Waals surface area contributed by atoms with E-state index >= 15 is 0 Å². The minimum atomic E-state index is -0.305. The Kier molecular flexibility index (Phi) is 4.97. The van der Waals surface area contributed by atoms with Gasteiger partial charge < -0.3 is 14.6 Å². The molecule has 7 heteroatoms. The third-order valence-electron chi connectivity index (χ3n) is 3.06. The van der Waals surface area contributed by atoms with Crippen molar-refractivity contribution in [2.45, 2.75) is 20.8 Å². The number of esters is 1. The molecule has 2 rings (SSSR count). The Labute approximate surface area is 133 Å². The summed E-state index contributed by atoms with van der Waals surface area (Å²) in [6.07, 6.45) is 1.71. The molecule has 0 unspecified atom stereocenters. The molecular formula is C15H20N4O2S. The van der Waals surface area contributed by atoms with Crippen LogP contribution in [-0.2, 0) is 4.74 Å². The summed E-state index contributed by atoms with van der Waals surface area (Å²) in [7, 11) is 3.81. The van der Waals surface area contributed by atoms with Gasteiger partial charge in [-0.1, -0.05) is 0 Å². The molecule has 0 aliphatic rings. The third-order valence-corrected chi connectivity index (χ3v) is 3.81. The highest BCUT2D eigenvalue weighted by Crippen LogP contribution is 2.31. The molecule has 22 heavy (non-hydrogen) atoms. The van der Waals surface area contributed by atoms with E-state index < -0.39 is 0 Å². The maximum Gasteiger partial charge on any atom is 0.340 e. The van der Waals surface area contributed by atoms with Crippen molar-refractivity contribution in [2.24, 2.45) is 4.99 Å². The summed E-state index contributed by atoms with van der Waals surface area (Å²) in [4.78, 5) is 25.9. The lowest BCUT2D eigenvalue weighted by molar-refractivity contribution is 0.0525. The Hall–Kier alpha value is -2.15. The van der Waals surface area contributed by atoms with Crippen LogP contribution in [0.3, 0.4) is 0 Å². The number of nitrogens with one attached hydrogen (secondary N) is 1. The summed E-state index contributed by atoms with van der Waals surface area (Å²) in [6, 6.07) is 0. The number of aryl methyl sites for hydroxylation is 1. The molecule has 0 radical (unpaired) electrons. The third kappa shape index (κ3) is 3.36. The zero-order chi connectivity index (χ0) is 16.3. The molecule has 2 heterocycles. The molecule has 1 N–H and O–H groups in total. The van der Waals surface area contributed by atoms with Crippen molar-refractivity contribution in [2.75, 3.05) is 20.7 Å². The SMILES string of the molecule is CCOC(=O)c1c(C)[nH]c(-c2csc(/N=C/N(C)C)n2)c1C. The fourth-order valence-electron chi connectivity index (χ4n) is 2.12. The second-order valence-electron chi connectivity index (χ2n) is 5.07. The van der Waals surface area contributed by atoms with Gasteiger partial charge in [-0.05, 0) is 26.3 Å². The number of H-pyrrole nitrogens is 1. The van der Waals surface area contributed by atoms with Gasteiger partial charge in [-0.25, -0.2) is 14.8 Å². The van der Waals surface area contributed by atoms with Gasteiger partial charge >= 0.3 is 5.97 Å². The Morgan fingerprint density at radius 2 is 2.23 bits per heavy atom. The Balaban J connectivity index is 2.34. The highest BCUT2D eigenvalue weighted by atomic mass is 32.1. The van der Waals surface area contributed by atoms with E-state index in [1.807, 2.05) is 38.2 Å². The molecule has 0 saturated heterocycles. The van der Waals surface area contributed by atoms with Crippen molar-refractivity contribution in [3.63, 3.8) is 0 Å². The fraction of sp³-hybridized carbons (Fsp3) is 0.400. The van der Waals surface area contributed by atoms with E-state index in [1.54, 1.807) is 13.3 Å². The van der Waals surface area contributed by atoms with Gasteiger partial charge in [0.1, 0.15) is 5.69 Å². The van der Waals surface area contributed by atoms with Gasteiger partial charge in [0.25, 0.3) is 0 Å². The molecule has 0 saturated carbocycles. The lowest BCUT2D eigenvalue weighted by Crippen LogP contribution is -2.06. The molecule has 0 aromatic carbocycles. The lowest BCUT2D eigenvalue weighted by Gasteiger charge is -2.02. The molecule has 0 fully saturated rings. The number of aliphatic imine (C=N–C) groups is 1. The second kappa shape index (κ2) is 6.74. The topological polar surface area (TPSA) is 70.6 Å². The predicted octanol–water partition coefficient (Wildman–Crippen LogP) is 3.15. The number of ether oxygens (including phenoxy) is 1. The number of thiazole rings is 1. The van der Waals surface area contributed by atoms with Gasteiger partial charge in [-0.2, -0.15) is 0 Å². The number of rotatable bonds is 5. The number of carbonyl (C=O) groups excluding carboxylic acids is 1. The van der Waals surface area contributed by atoms with Crippen molar-refractivity contribution >= 4 is 28.8 Å². The zero-order valence-electron chi connectivity index (χ0n) is 13.4. The highest BCUT2D eigenvalue weighted by Gasteiger charge is 2.21. The summed E-state index contributed by atoms with van der Waals surface area (Å²) < 4.78 is 5.10. The van der Waals surface area contributed by atoms with Crippen LogP contribution in [0.1, 0.15) is 28.5 Å². The molecule has 0 aliphatic heterocycles. The molecule has 6 nitrogen and oxygen atoms in total. The van der Waals surface area contributed by atoms with E-state index in [0.29, 0.717) is 17.3 Å². The monoisotopic (exact) mass is 320 g/mol. The van der Waals surface area contributed by atoms with E-state index in [9.17, 15) is 4.79 Å². The van der Waals surface area contributed by atoms with E-state index in [1.165, 1.54) is 11.3 Å². The van der Waals surface area contributed by atoms with Crippen LogP contribution in [0.5, 0.6) is 0 Å². The van der Waals surface area contributed by atoms with Crippen LogP contribution in [0, 0.1) is 13.8 Å². The standard InChI is InChI=1S/C15H20N4O2S/c1-6-21-14(20)12-9(2)13(17-10(12)3)11-7-22-15(18-11)16-8-19(4)5/h7-8,17H,6H2,1-5H3/b16-8+. The Bertz CT molecular complexity index is 700. The molecule has 2 aromatic heterocycles. The fourth-order valence-corrected chi connectivity index (χ4v) is 2.77. The number of hydrogen-bond acceptors (Lipinski definition) is 5. The maximum absolute atomic E-state index is 12.0. The van der Waals surface area contributed by atoms with Crippen molar-refractivity contribution in [1.82, 2.24) is 14.9 Å². The minimum absolute atomic E-state index is 0.305. The largest absolute Gasteiger partial charge is 0.462 e. The zero-order valence-corrected chi connectivity index (χ0v) is 14.2. The quantitative estimate of drug-likeness (QED) is 0.522. The molecular weight excluding hydrogens is 300 g/mol. The van der Waals surface area contributed by atoms with Crippen molar-refractivity contribution in [1.29, 1.82) is 0 Å². The number of aromatic amines is 1. The van der Waals surface area contributed by atoms with Gasteiger partial charge in [0, 0.05) is 25.2 Å². The first kappa shape index (κ1) is 16.2. The van der Waals surface area contributed by atoms with Crippen LogP contribution in [0.25, 0.3) is 11.4 Å². The van der Waals surface area contributed by atoms with Crippen LogP contribution in [0.4, 0.5) is 5.13 Å². The molecule has 0 aliphatic carbocycles. The summed E-state index contributed by atoms with van der Waals surface area (Å²) in [6.45, 7) is 5.91. The van der Waals surface area contributed by atoms with Crippen molar-refractivity contribution in [3.05, 3.63) is 22.2 Å². The first-order chi connectivity index (χ1) is 10.4. The Morgan fingerprint density at radius 1 is 1.50 bits per heavy atom. The number of nitrogens with zero attached hydrogens (tertiary/aromatic N) is 3. The van der Waals surface area contributed by atoms with Crippen LogP contribution >= 0.6 is 11.3 Å². The van der Waals surface area contributed by atoms with Crippen LogP contribution in [0.2, 0.25) is 0 Å². The second-order valence-corrected chi connectivity index (χ2v) is 5.91. The molecule has 0 spiro atoms. The van der Waals surface area contributed by atoms with E-state index in [-0.39, 0.29) is 5.97 Å². The molecule has 2 aromatic rings. The minimum Gasteiger partial charge on any atom is -0.462 e. The Morgan fingerprint density at radius 3 is 2.86 bits per heavy atom. The normalized spacial score (nSPS) is 11.1. The van der Waals surface area contributed by atoms with Crippen LogP contribution in [-0.4, -0.2) is 47.9 Å². The van der Waals surface area contributed by atoms with E-state index in [2.05, 4.69) is 15.0 Å². The molecule has 0 bridgehead atoms. The summed E-state index contributed by atoms with van der Waals surface area (Å²) in [5.74, 6) is -0.305. The summed E-state index contributed by atoms with van der Waals surface area (Å²) in [5, 5.41) is 2.60. The number of aromatic nitrogens is 2. The summed E-state index contributed by atoms with van der Waals surface area (Å²) in [5.41, 5.74) is 3.85. The van der Waals surface area contributed by atoms with Gasteiger partial charge in [-0.15, -0.1) is 11.3 Å². The van der Waals surface area contributed by atoms with E-state index in [4.69, 9.17) is 4.74 Å². The van der Waals surface area contributed by atoms with Gasteiger partial charge in [0.05, 0.1) is 24.2 Å². The first-order valence-electron chi connectivity index (χ1n) is 6.96. The van der Waals surface area contributed by atoms with E-state index in [0.717, 1.165) is 22.6 Å². The molecule has 118 valence electrons. The van der Waals surface area contributed by atoms with Gasteiger partial charge in [0.15, 0.2) is 0 Å². The highest BCUT2D eigenvalue weighted by molar-refractivity contribution is 7.13. The predicted molar refractivity (Wildman–Crippen MR) is 89.2 cm³/mol. The first-order valence-corrected chi connectivity index (χ1v) is 7.84. The number of hydrogen-bond donors (Lipinski definition) is 1. The van der Waals surface area contributed by atoms with Gasteiger partial charge in [-0.3, -0.25) is 0 Å². The average molecular weight is 320 g/mol. The molecule has 0 atom stereocenters. The maximum atomic E-state index is 12.0. The smallest absolute Gasteiger partial charge is 0.340 e. The average Bonchev–Trinajstić information content (AvgIpc) is 3.01. The summed E-state index contributed by atoms with van der Waals surface area (Å²) >= 11 is 1.46.